The third kappa shape index (κ3) is 3.29. The normalized spacial score (nSPS) is 11.0. The highest BCUT2D eigenvalue weighted by Crippen LogP contribution is 2.25. The maximum atomic E-state index is 12.9. The van der Waals surface area contributed by atoms with Gasteiger partial charge in [0.2, 0.25) is 5.78 Å². The number of para-hydroxylation sites is 1. The molecule has 0 aliphatic heterocycles. The van der Waals surface area contributed by atoms with Gasteiger partial charge >= 0.3 is 0 Å². The predicted molar refractivity (Wildman–Crippen MR) is 112 cm³/mol. The number of ether oxygens (including phenoxy) is 1. The molecule has 0 atom stereocenters. The van der Waals surface area contributed by atoms with Crippen molar-refractivity contribution in [3.8, 4) is 11.4 Å². The van der Waals surface area contributed by atoms with Gasteiger partial charge < -0.3 is 9.30 Å². The number of benzene rings is 2. The van der Waals surface area contributed by atoms with Crippen LogP contribution in [0.1, 0.15) is 27.3 Å². The molecule has 0 fully saturated rings. The monoisotopic (exact) mass is 370 g/mol. The van der Waals surface area contributed by atoms with E-state index in [-0.39, 0.29) is 12.4 Å². The number of fused-ring (bicyclic) bond motifs is 1. The molecular formula is C24H22N2O2. The van der Waals surface area contributed by atoms with Gasteiger partial charge in [-0.3, -0.25) is 9.78 Å². The minimum Gasteiger partial charge on any atom is -0.483 e. The predicted octanol–water partition coefficient (Wildman–Crippen LogP) is 5.21. The molecule has 0 aliphatic carbocycles. The number of rotatable bonds is 5. The molecule has 0 radical (unpaired) electrons. The fraction of sp³-hybridized carbons (Fsp3) is 0.167. The number of pyridine rings is 1. The van der Waals surface area contributed by atoms with E-state index in [9.17, 15) is 4.79 Å². The number of aromatic nitrogens is 2. The number of Topliss-reactive ketones (excluding diaryl/α,β-unsaturated/α-hetero) is 1. The highest BCUT2D eigenvalue weighted by molar-refractivity contribution is 5.99. The van der Waals surface area contributed by atoms with Crippen molar-refractivity contribution < 1.29 is 9.53 Å². The van der Waals surface area contributed by atoms with Gasteiger partial charge in [0.25, 0.3) is 0 Å². The first-order chi connectivity index (χ1) is 13.5. The highest BCUT2D eigenvalue weighted by atomic mass is 16.5. The van der Waals surface area contributed by atoms with Gasteiger partial charge in [0.15, 0.2) is 6.61 Å². The van der Waals surface area contributed by atoms with Gasteiger partial charge in [-0.2, -0.15) is 0 Å². The average Bonchev–Trinajstić information content (AvgIpc) is 3.01. The van der Waals surface area contributed by atoms with Gasteiger partial charge in [0, 0.05) is 34.2 Å². The second kappa shape index (κ2) is 7.31. The molecule has 140 valence electrons. The molecule has 4 rings (SSSR count). The van der Waals surface area contributed by atoms with Crippen LogP contribution >= 0.6 is 0 Å². The molecular weight excluding hydrogens is 348 g/mol. The minimum absolute atomic E-state index is 0.0200. The molecule has 0 N–H and O–H groups in total. The van der Waals surface area contributed by atoms with Crippen molar-refractivity contribution in [1.82, 2.24) is 9.55 Å². The Morgan fingerprint density at radius 2 is 1.75 bits per heavy atom. The third-order valence-corrected chi connectivity index (χ3v) is 4.98. The van der Waals surface area contributed by atoms with Crippen LogP contribution < -0.4 is 4.74 Å². The molecule has 2 aromatic heterocycles. The Hall–Kier alpha value is -3.40. The highest BCUT2D eigenvalue weighted by Gasteiger charge is 2.17. The zero-order valence-corrected chi connectivity index (χ0v) is 16.3. The Morgan fingerprint density at radius 1 is 1.00 bits per heavy atom. The Balaban J connectivity index is 1.59. The van der Waals surface area contributed by atoms with Crippen molar-refractivity contribution in [3.63, 3.8) is 0 Å². The maximum Gasteiger partial charge on any atom is 0.202 e. The number of carbonyl (C=O) groups excluding carboxylic acids is 1. The molecule has 4 heteroatoms. The number of ketones is 1. The van der Waals surface area contributed by atoms with Gasteiger partial charge in [-0.05, 0) is 51.1 Å². The van der Waals surface area contributed by atoms with Crippen LogP contribution in [0.5, 0.6) is 5.75 Å². The summed E-state index contributed by atoms with van der Waals surface area (Å²) in [6.45, 7) is 6.03. The van der Waals surface area contributed by atoms with Crippen LogP contribution in [0, 0.1) is 20.8 Å². The summed E-state index contributed by atoms with van der Waals surface area (Å²) in [6, 6.07) is 19.8. The van der Waals surface area contributed by atoms with Crippen LogP contribution in [0.2, 0.25) is 0 Å². The second-order valence-corrected chi connectivity index (χ2v) is 7.00. The standard InChI is InChI=1S/C24H22N2O2/c1-16-9-11-20(12-10-16)26-17(2)14-21(18(26)3)22(27)15-28-23-8-4-6-19-7-5-13-25-24(19)23/h4-14H,15H2,1-3H3. The number of hydrogen-bond acceptors (Lipinski definition) is 3. The van der Waals surface area contributed by atoms with Crippen molar-refractivity contribution in [2.75, 3.05) is 6.61 Å². The largest absolute Gasteiger partial charge is 0.483 e. The Labute approximate surface area is 164 Å². The van der Waals surface area contributed by atoms with E-state index in [2.05, 4.69) is 40.7 Å². The Bertz CT molecular complexity index is 1150. The molecule has 2 heterocycles. The molecule has 0 saturated carbocycles. The van der Waals surface area contributed by atoms with Crippen molar-refractivity contribution in [1.29, 1.82) is 0 Å². The molecule has 4 aromatic rings. The van der Waals surface area contributed by atoms with E-state index in [0.717, 1.165) is 28.0 Å². The first-order valence-electron chi connectivity index (χ1n) is 9.30. The summed E-state index contributed by atoms with van der Waals surface area (Å²) in [5.74, 6) is 0.582. The van der Waals surface area contributed by atoms with Crippen LogP contribution in [0.25, 0.3) is 16.6 Å². The molecule has 28 heavy (non-hydrogen) atoms. The molecule has 0 amide bonds. The lowest BCUT2D eigenvalue weighted by atomic mass is 10.1. The van der Waals surface area contributed by atoms with Gasteiger partial charge in [-0.25, -0.2) is 0 Å². The summed E-state index contributed by atoms with van der Waals surface area (Å²) in [5, 5.41) is 0.991. The number of carbonyl (C=O) groups is 1. The number of nitrogens with zero attached hydrogens (tertiary/aromatic N) is 2. The number of hydrogen-bond donors (Lipinski definition) is 0. The van der Waals surface area contributed by atoms with Crippen molar-refractivity contribution in [3.05, 3.63) is 89.4 Å². The Morgan fingerprint density at radius 3 is 2.54 bits per heavy atom. The molecule has 0 saturated heterocycles. The average molecular weight is 370 g/mol. The fourth-order valence-corrected chi connectivity index (χ4v) is 3.55. The van der Waals surface area contributed by atoms with Crippen molar-refractivity contribution >= 4 is 16.7 Å². The second-order valence-electron chi connectivity index (χ2n) is 7.00. The van der Waals surface area contributed by atoms with E-state index < -0.39 is 0 Å². The first kappa shape index (κ1) is 18.0. The van der Waals surface area contributed by atoms with E-state index in [1.807, 2.05) is 50.2 Å². The van der Waals surface area contributed by atoms with E-state index in [1.54, 1.807) is 6.20 Å². The summed E-state index contributed by atoms with van der Waals surface area (Å²) >= 11 is 0. The SMILES string of the molecule is Cc1ccc(-n2c(C)cc(C(=O)COc3cccc4cccnc34)c2C)cc1. The lowest BCUT2D eigenvalue weighted by Crippen LogP contribution is -2.13. The van der Waals surface area contributed by atoms with Crippen molar-refractivity contribution in [2.45, 2.75) is 20.8 Å². The molecule has 4 nitrogen and oxygen atoms in total. The van der Waals surface area contributed by atoms with Gasteiger partial charge in [0.1, 0.15) is 11.3 Å². The molecule has 0 unspecified atom stereocenters. The lowest BCUT2D eigenvalue weighted by molar-refractivity contribution is 0.0922. The van der Waals surface area contributed by atoms with Gasteiger partial charge in [0.05, 0.1) is 0 Å². The maximum absolute atomic E-state index is 12.9. The quantitative estimate of drug-likeness (QED) is 0.453. The number of aryl methyl sites for hydroxylation is 2. The Kier molecular flexibility index (Phi) is 4.70. The third-order valence-electron chi connectivity index (χ3n) is 4.98. The minimum atomic E-state index is -0.0422. The van der Waals surface area contributed by atoms with Crippen LogP contribution in [0.4, 0.5) is 0 Å². The van der Waals surface area contributed by atoms with Crippen LogP contribution in [0.3, 0.4) is 0 Å². The first-order valence-corrected chi connectivity index (χ1v) is 9.30. The summed E-state index contributed by atoms with van der Waals surface area (Å²) in [7, 11) is 0. The molecule has 0 spiro atoms. The smallest absolute Gasteiger partial charge is 0.202 e. The molecule has 0 aliphatic rings. The van der Waals surface area contributed by atoms with E-state index in [4.69, 9.17) is 4.74 Å². The van der Waals surface area contributed by atoms with E-state index in [1.165, 1.54) is 5.56 Å². The van der Waals surface area contributed by atoms with Crippen LogP contribution in [-0.4, -0.2) is 21.9 Å². The summed E-state index contributed by atoms with van der Waals surface area (Å²) in [4.78, 5) is 17.2. The lowest BCUT2D eigenvalue weighted by Gasteiger charge is -2.11. The van der Waals surface area contributed by atoms with E-state index >= 15 is 0 Å². The van der Waals surface area contributed by atoms with Gasteiger partial charge in [-0.1, -0.05) is 35.9 Å². The zero-order chi connectivity index (χ0) is 19.7. The topological polar surface area (TPSA) is 44.1 Å². The van der Waals surface area contributed by atoms with Crippen LogP contribution in [0.15, 0.2) is 66.9 Å². The van der Waals surface area contributed by atoms with Crippen molar-refractivity contribution in [2.24, 2.45) is 0 Å². The molecule has 0 bridgehead atoms. The summed E-state index contributed by atoms with van der Waals surface area (Å²) in [6.07, 6.45) is 1.73. The summed E-state index contributed by atoms with van der Waals surface area (Å²) in [5.41, 5.74) is 5.66. The zero-order valence-electron chi connectivity index (χ0n) is 16.3. The summed E-state index contributed by atoms with van der Waals surface area (Å²) < 4.78 is 7.94. The fourth-order valence-electron chi connectivity index (χ4n) is 3.55. The van der Waals surface area contributed by atoms with Gasteiger partial charge in [-0.15, -0.1) is 0 Å². The van der Waals surface area contributed by atoms with Crippen LogP contribution in [-0.2, 0) is 0 Å². The van der Waals surface area contributed by atoms with E-state index in [0.29, 0.717) is 11.3 Å². The molecule has 2 aromatic carbocycles.